The van der Waals surface area contributed by atoms with Crippen LogP contribution < -0.4 is 5.32 Å². The molecule has 1 amide bonds. The normalized spacial score (nSPS) is 10.6. The molecule has 0 spiro atoms. The molecule has 25 heavy (non-hydrogen) atoms. The minimum atomic E-state index is -0.295. The van der Waals surface area contributed by atoms with E-state index in [-0.39, 0.29) is 17.5 Å². The number of rotatable bonds is 6. The topological polar surface area (TPSA) is 70.7 Å². The number of hydrogen-bond donors (Lipinski definition) is 2. The Balaban J connectivity index is 1.49. The van der Waals surface area contributed by atoms with Crippen LogP contribution in [0, 0.1) is 5.82 Å². The summed E-state index contributed by atoms with van der Waals surface area (Å²) in [6.07, 6.45) is 0. The van der Waals surface area contributed by atoms with E-state index in [1.807, 2.05) is 24.3 Å². The molecule has 1 heterocycles. The lowest BCUT2D eigenvalue weighted by atomic mass is 10.2. The minimum absolute atomic E-state index is 0.135. The number of carbonyl (C=O) groups is 1. The van der Waals surface area contributed by atoms with Crippen molar-refractivity contribution in [2.45, 2.75) is 11.7 Å². The van der Waals surface area contributed by atoms with E-state index in [0.717, 1.165) is 15.6 Å². The van der Waals surface area contributed by atoms with Crippen LogP contribution in [-0.4, -0.2) is 26.8 Å². The fourth-order valence-corrected chi connectivity index (χ4v) is 2.92. The summed E-state index contributed by atoms with van der Waals surface area (Å²) < 4.78 is 13.8. The van der Waals surface area contributed by atoms with Crippen molar-refractivity contribution < 1.29 is 9.18 Å². The van der Waals surface area contributed by atoms with Crippen LogP contribution in [0.4, 0.5) is 4.39 Å². The molecule has 0 radical (unpaired) electrons. The third kappa shape index (κ3) is 5.14. The number of H-pyrrole nitrogens is 1. The Bertz CT molecular complexity index is 852. The number of aromatic amines is 1. The molecular formula is C17H14BrFN4OS. The highest BCUT2D eigenvalue weighted by Crippen LogP contribution is 2.21. The molecule has 2 aromatic carbocycles. The molecule has 128 valence electrons. The number of carbonyl (C=O) groups excluding carboxylic acids is 1. The van der Waals surface area contributed by atoms with Gasteiger partial charge in [0, 0.05) is 16.6 Å². The third-order valence-electron chi connectivity index (χ3n) is 3.32. The van der Waals surface area contributed by atoms with Crippen molar-refractivity contribution in [3.63, 3.8) is 0 Å². The van der Waals surface area contributed by atoms with Crippen molar-refractivity contribution >= 4 is 33.6 Å². The molecule has 0 atom stereocenters. The number of amides is 1. The molecule has 0 aliphatic rings. The second kappa shape index (κ2) is 8.26. The third-order valence-corrected chi connectivity index (χ3v) is 4.69. The lowest BCUT2D eigenvalue weighted by molar-refractivity contribution is -0.118. The second-order valence-corrected chi connectivity index (χ2v) is 7.02. The van der Waals surface area contributed by atoms with Gasteiger partial charge in [-0.1, -0.05) is 52.0 Å². The van der Waals surface area contributed by atoms with E-state index in [0.29, 0.717) is 17.5 Å². The molecule has 5 nitrogen and oxygen atoms in total. The van der Waals surface area contributed by atoms with Gasteiger partial charge in [0.1, 0.15) is 5.82 Å². The first-order chi connectivity index (χ1) is 12.1. The predicted molar refractivity (Wildman–Crippen MR) is 98.5 cm³/mol. The first-order valence-electron chi connectivity index (χ1n) is 7.42. The van der Waals surface area contributed by atoms with Gasteiger partial charge in [0.25, 0.3) is 0 Å². The van der Waals surface area contributed by atoms with Crippen molar-refractivity contribution in [2.75, 3.05) is 5.75 Å². The van der Waals surface area contributed by atoms with Gasteiger partial charge in [-0.05, 0) is 29.8 Å². The summed E-state index contributed by atoms with van der Waals surface area (Å²) in [4.78, 5) is 16.3. The van der Waals surface area contributed by atoms with E-state index in [2.05, 4.69) is 36.4 Å². The SMILES string of the molecule is O=C(CSc1n[nH]c(-c2ccc(Br)cc2)n1)NCc1ccc(F)cc1. The van der Waals surface area contributed by atoms with Crippen LogP contribution in [0.25, 0.3) is 11.4 Å². The summed E-state index contributed by atoms with van der Waals surface area (Å²) in [6, 6.07) is 13.7. The van der Waals surface area contributed by atoms with E-state index in [1.54, 1.807) is 12.1 Å². The average molecular weight is 421 g/mol. The molecule has 3 aromatic rings. The molecule has 0 bridgehead atoms. The van der Waals surface area contributed by atoms with Gasteiger partial charge in [0.05, 0.1) is 5.75 Å². The largest absolute Gasteiger partial charge is 0.351 e. The molecule has 1 aromatic heterocycles. The first kappa shape index (κ1) is 17.6. The first-order valence-corrected chi connectivity index (χ1v) is 9.20. The molecule has 8 heteroatoms. The molecule has 2 N–H and O–H groups in total. The van der Waals surface area contributed by atoms with Crippen LogP contribution >= 0.6 is 27.7 Å². The van der Waals surface area contributed by atoms with Crippen molar-refractivity contribution in [2.24, 2.45) is 0 Å². The highest BCUT2D eigenvalue weighted by molar-refractivity contribution is 9.10. The smallest absolute Gasteiger partial charge is 0.230 e. The van der Waals surface area contributed by atoms with Crippen LogP contribution in [0.15, 0.2) is 58.2 Å². The fraction of sp³-hybridized carbons (Fsp3) is 0.118. The molecule has 0 aliphatic carbocycles. The van der Waals surface area contributed by atoms with Gasteiger partial charge in [-0.25, -0.2) is 9.37 Å². The standard InChI is InChI=1S/C17H14BrFN4OS/c18-13-5-3-12(4-6-13)16-21-17(23-22-16)25-10-15(24)20-9-11-1-7-14(19)8-2-11/h1-8H,9-10H2,(H,20,24)(H,21,22,23). The van der Waals surface area contributed by atoms with Crippen LogP contribution in [0.1, 0.15) is 5.56 Å². The Kier molecular flexibility index (Phi) is 5.83. The lowest BCUT2D eigenvalue weighted by Crippen LogP contribution is -2.24. The maximum absolute atomic E-state index is 12.8. The fourth-order valence-electron chi connectivity index (χ4n) is 2.03. The molecule has 0 saturated carbocycles. The maximum Gasteiger partial charge on any atom is 0.230 e. The van der Waals surface area contributed by atoms with Crippen LogP contribution in [0.3, 0.4) is 0 Å². The summed E-state index contributed by atoms with van der Waals surface area (Å²) in [5.74, 6) is 0.432. The van der Waals surface area contributed by atoms with Crippen LogP contribution in [0.2, 0.25) is 0 Å². The van der Waals surface area contributed by atoms with E-state index in [9.17, 15) is 9.18 Å². The number of aromatic nitrogens is 3. The van der Waals surface area contributed by atoms with Gasteiger partial charge >= 0.3 is 0 Å². The molecule has 0 aliphatic heterocycles. The highest BCUT2D eigenvalue weighted by atomic mass is 79.9. The Morgan fingerprint density at radius 3 is 2.60 bits per heavy atom. The summed E-state index contributed by atoms with van der Waals surface area (Å²) >= 11 is 4.64. The average Bonchev–Trinajstić information content (AvgIpc) is 3.09. The summed E-state index contributed by atoms with van der Waals surface area (Å²) in [5, 5.41) is 10.3. The van der Waals surface area contributed by atoms with E-state index >= 15 is 0 Å². The van der Waals surface area contributed by atoms with Gasteiger partial charge in [0.15, 0.2) is 5.82 Å². The maximum atomic E-state index is 12.8. The van der Waals surface area contributed by atoms with Gasteiger partial charge in [-0.2, -0.15) is 0 Å². The van der Waals surface area contributed by atoms with Gasteiger partial charge < -0.3 is 5.32 Å². The zero-order valence-corrected chi connectivity index (χ0v) is 15.4. The number of benzene rings is 2. The summed E-state index contributed by atoms with van der Waals surface area (Å²) in [7, 11) is 0. The van der Waals surface area contributed by atoms with Crippen molar-refractivity contribution in [1.29, 1.82) is 0 Å². The van der Waals surface area contributed by atoms with E-state index in [1.165, 1.54) is 23.9 Å². The predicted octanol–water partition coefficient (Wildman–Crippen LogP) is 3.78. The highest BCUT2D eigenvalue weighted by Gasteiger charge is 2.09. The number of nitrogens with one attached hydrogen (secondary N) is 2. The molecule has 3 rings (SSSR count). The quantitative estimate of drug-likeness (QED) is 0.595. The molecule has 0 fully saturated rings. The van der Waals surface area contributed by atoms with Gasteiger partial charge in [-0.15, -0.1) is 5.10 Å². The van der Waals surface area contributed by atoms with Gasteiger partial charge in [-0.3, -0.25) is 9.89 Å². The second-order valence-electron chi connectivity index (χ2n) is 5.17. The lowest BCUT2D eigenvalue weighted by Gasteiger charge is -2.04. The van der Waals surface area contributed by atoms with Crippen LogP contribution in [-0.2, 0) is 11.3 Å². The van der Waals surface area contributed by atoms with Crippen molar-refractivity contribution in [3.8, 4) is 11.4 Å². The number of nitrogens with zero attached hydrogens (tertiary/aromatic N) is 2. The zero-order valence-electron chi connectivity index (χ0n) is 13.0. The molecular weight excluding hydrogens is 407 g/mol. The minimum Gasteiger partial charge on any atom is -0.351 e. The Hall–Kier alpha value is -2.19. The summed E-state index contributed by atoms with van der Waals surface area (Å²) in [5.41, 5.74) is 1.76. The van der Waals surface area contributed by atoms with E-state index in [4.69, 9.17) is 0 Å². The van der Waals surface area contributed by atoms with Crippen molar-refractivity contribution in [3.05, 3.63) is 64.4 Å². The Morgan fingerprint density at radius 1 is 1.16 bits per heavy atom. The van der Waals surface area contributed by atoms with Crippen molar-refractivity contribution in [1.82, 2.24) is 20.5 Å². The molecule has 0 unspecified atom stereocenters. The zero-order chi connectivity index (χ0) is 17.6. The number of halogens is 2. The summed E-state index contributed by atoms with van der Waals surface area (Å²) in [6.45, 7) is 0.359. The number of thioether (sulfide) groups is 1. The van der Waals surface area contributed by atoms with Gasteiger partial charge in [0.2, 0.25) is 11.1 Å². The monoisotopic (exact) mass is 420 g/mol. The van der Waals surface area contributed by atoms with Crippen LogP contribution in [0.5, 0.6) is 0 Å². The number of hydrogen-bond acceptors (Lipinski definition) is 4. The molecule has 0 saturated heterocycles. The Morgan fingerprint density at radius 2 is 1.88 bits per heavy atom. The van der Waals surface area contributed by atoms with E-state index < -0.39 is 0 Å². The Labute approximate surface area is 156 Å².